The highest BCUT2D eigenvalue weighted by Crippen LogP contribution is 2.40. The Hall–Kier alpha value is -3.95. The molecule has 5 rings (SSSR count). The molecule has 13 nitrogen and oxygen atoms in total. The SMILES string of the molecule is CO/N=C(\C(=O)N[C@@H]1C(=O)N2C(C(=O)O)=C(C[n+]3ccn4c(C(C)O)ccc4c3)CS[C@@H]12)c1csc(N)n1. The van der Waals surface area contributed by atoms with Gasteiger partial charge in [-0.1, -0.05) is 5.16 Å². The van der Waals surface area contributed by atoms with Gasteiger partial charge in [-0.25, -0.2) is 9.78 Å². The summed E-state index contributed by atoms with van der Waals surface area (Å²) in [6.45, 7) is 1.94. The number of nitrogens with zero attached hydrogens (tertiary/aromatic N) is 5. The topological polar surface area (TPSA) is 176 Å². The number of oxime groups is 1. The summed E-state index contributed by atoms with van der Waals surface area (Å²) in [5.41, 5.74) is 7.77. The number of nitrogens with one attached hydrogen (secondary N) is 1. The zero-order valence-corrected chi connectivity index (χ0v) is 21.9. The molecule has 0 aromatic carbocycles. The summed E-state index contributed by atoms with van der Waals surface area (Å²) in [6.07, 6.45) is 4.79. The lowest BCUT2D eigenvalue weighted by atomic mass is 10.0. The fourth-order valence-electron chi connectivity index (χ4n) is 4.49. The number of carboxylic acid groups (broad SMARTS) is 1. The maximum atomic E-state index is 13.1. The molecular weight excluding hydrogens is 534 g/mol. The fourth-order valence-corrected chi connectivity index (χ4v) is 6.37. The van der Waals surface area contributed by atoms with Gasteiger partial charge in [0.15, 0.2) is 29.8 Å². The summed E-state index contributed by atoms with van der Waals surface area (Å²) in [4.78, 5) is 48.2. The van der Waals surface area contributed by atoms with E-state index in [1.54, 1.807) is 24.7 Å². The Bertz CT molecular complexity index is 1510. The third-order valence-electron chi connectivity index (χ3n) is 6.19. The number of thioether (sulfide) groups is 1. The molecule has 1 unspecified atom stereocenters. The van der Waals surface area contributed by atoms with Gasteiger partial charge in [0, 0.05) is 16.7 Å². The lowest BCUT2D eigenvalue weighted by Gasteiger charge is -2.49. The van der Waals surface area contributed by atoms with Crippen molar-refractivity contribution in [2.75, 3.05) is 18.6 Å². The number of aromatic nitrogens is 3. The average Bonchev–Trinajstić information content (AvgIpc) is 3.51. The third-order valence-corrected chi connectivity index (χ3v) is 8.20. The van der Waals surface area contributed by atoms with Crippen molar-refractivity contribution in [1.29, 1.82) is 0 Å². The van der Waals surface area contributed by atoms with Crippen molar-refractivity contribution in [3.05, 3.63) is 58.8 Å². The van der Waals surface area contributed by atoms with E-state index in [2.05, 4.69) is 15.5 Å². The molecule has 3 aromatic heterocycles. The molecule has 2 amide bonds. The molecule has 5 N–H and O–H groups in total. The monoisotopic (exact) mass is 558 g/mol. The molecule has 0 spiro atoms. The Morgan fingerprint density at radius 3 is 2.87 bits per heavy atom. The molecular formula is C23H24N7O6S2+. The van der Waals surface area contributed by atoms with Crippen molar-refractivity contribution in [3.63, 3.8) is 0 Å². The molecule has 3 aromatic rings. The van der Waals surface area contributed by atoms with E-state index in [0.29, 0.717) is 11.3 Å². The molecule has 0 bridgehead atoms. The normalized spacial score (nSPS) is 20.2. The summed E-state index contributed by atoms with van der Waals surface area (Å²) in [5, 5.41) is 27.5. The van der Waals surface area contributed by atoms with E-state index in [-0.39, 0.29) is 28.8 Å². The van der Waals surface area contributed by atoms with Gasteiger partial charge in [0.05, 0.1) is 18.0 Å². The number of amides is 2. The fraction of sp³-hybridized carbons (Fsp3) is 0.304. The van der Waals surface area contributed by atoms with Crippen LogP contribution < -0.4 is 15.6 Å². The minimum Gasteiger partial charge on any atom is -0.477 e. The van der Waals surface area contributed by atoms with Crippen molar-refractivity contribution >= 4 is 57.2 Å². The quantitative estimate of drug-likeness (QED) is 0.129. The van der Waals surface area contributed by atoms with Crippen LogP contribution in [0.5, 0.6) is 0 Å². The molecule has 1 fully saturated rings. The maximum Gasteiger partial charge on any atom is 0.352 e. The number of rotatable bonds is 8. The summed E-state index contributed by atoms with van der Waals surface area (Å²) in [6, 6.07) is 2.75. The lowest BCUT2D eigenvalue weighted by Crippen LogP contribution is -2.71. The average molecular weight is 559 g/mol. The minimum atomic E-state index is -1.22. The van der Waals surface area contributed by atoms with Crippen LogP contribution in [0.1, 0.15) is 24.4 Å². The molecule has 3 atom stereocenters. The van der Waals surface area contributed by atoms with Gasteiger partial charge in [-0.15, -0.1) is 23.1 Å². The largest absolute Gasteiger partial charge is 0.477 e. The first-order valence-corrected chi connectivity index (χ1v) is 13.3. The number of aliphatic hydroxyl groups is 1. The Balaban J connectivity index is 1.35. The van der Waals surface area contributed by atoms with E-state index in [0.717, 1.165) is 22.5 Å². The zero-order valence-electron chi connectivity index (χ0n) is 20.3. The zero-order chi connectivity index (χ0) is 27.1. The third kappa shape index (κ3) is 4.48. The summed E-state index contributed by atoms with van der Waals surface area (Å²) in [7, 11) is 1.28. The number of nitrogen functional groups attached to an aromatic ring is 1. The van der Waals surface area contributed by atoms with E-state index in [4.69, 9.17) is 10.6 Å². The Morgan fingerprint density at radius 2 is 2.21 bits per heavy atom. The van der Waals surface area contributed by atoms with E-state index < -0.39 is 35.3 Å². The maximum absolute atomic E-state index is 13.1. The number of anilines is 1. The summed E-state index contributed by atoms with van der Waals surface area (Å²) >= 11 is 2.49. The molecule has 198 valence electrons. The molecule has 0 saturated carbocycles. The molecule has 0 radical (unpaired) electrons. The molecule has 5 heterocycles. The van der Waals surface area contributed by atoms with Crippen molar-refractivity contribution in [2.45, 2.75) is 31.0 Å². The van der Waals surface area contributed by atoms with Crippen LogP contribution in [0.15, 0.2) is 52.5 Å². The first-order chi connectivity index (χ1) is 18.2. The van der Waals surface area contributed by atoms with Crippen LogP contribution in [0.2, 0.25) is 0 Å². The van der Waals surface area contributed by atoms with Crippen LogP contribution in [-0.2, 0) is 25.8 Å². The lowest BCUT2D eigenvalue weighted by molar-refractivity contribution is -0.688. The van der Waals surface area contributed by atoms with Crippen molar-refractivity contribution in [3.8, 4) is 0 Å². The number of hydrogen-bond donors (Lipinski definition) is 4. The number of fused-ring (bicyclic) bond motifs is 2. The van der Waals surface area contributed by atoms with Gasteiger partial charge in [0.25, 0.3) is 11.8 Å². The summed E-state index contributed by atoms with van der Waals surface area (Å²) < 4.78 is 3.68. The highest BCUT2D eigenvalue weighted by Gasteiger charge is 2.54. The van der Waals surface area contributed by atoms with E-state index in [1.807, 2.05) is 27.3 Å². The summed E-state index contributed by atoms with van der Waals surface area (Å²) in [5.74, 6) is -2.09. The second-order valence-corrected chi connectivity index (χ2v) is 10.6. The predicted octanol–water partition coefficient (Wildman–Crippen LogP) is 0.108. The van der Waals surface area contributed by atoms with Gasteiger partial charge in [0.1, 0.15) is 35.4 Å². The van der Waals surface area contributed by atoms with Crippen LogP contribution >= 0.6 is 23.1 Å². The number of β-lactam (4-membered cyclic amide) rings is 1. The van der Waals surface area contributed by atoms with E-state index >= 15 is 0 Å². The Labute approximate surface area is 224 Å². The number of carbonyl (C=O) groups excluding carboxylic acids is 2. The highest BCUT2D eigenvalue weighted by molar-refractivity contribution is 8.00. The van der Waals surface area contributed by atoms with Gasteiger partial charge in [-0.2, -0.15) is 4.57 Å². The Kier molecular flexibility index (Phi) is 6.81. The number of aliphatic hydroxyl groups excluding tert-OH is 1. The van der Waals surface area contributed by atoms with Gasteiger partial charge in [0.2, 0.25) is 0 Å². The van der Waals surface area contributed by atoms with Crippen LogP contribution in [0.4, 0.5) is 5.13 Å². The van der Waals surface area contributed by atoms with Gasteiger partial charge < -0.3 is 30.5 Å². The second kappa shape index (κ2) is 10.1. The standard InChI is InChI=1S/C23H23N7O6S2/c1-11(31)15-4-3-13-8-28(5-6-29(13)15)7-12-9-37-21-17(20(33)30(21)18(12)22(34)35)26-19(32)16(27-36-2)14-10-38-23(24)25-14/h3-6,8,10-11,17,21,31H,7,9H2,1-2H3,(H3-,24,25,26,32,34,35)/p+1/b27-16-/t11?,17-,21+/m1/s1. The van der Waals surface area contributed by atoms with E-state index in [9.17, 15) is 24.6 Å². The number of thiazole rings is 1. The number of carbonyl (C=O) groups is 3. The van der Waals surface area contributed by atoms with Crippen molar-refractivity contribution < 1.29 is 34.0 Å². The molecule has 15 heteroatoms. The second-order valence-electron chi connectivity index (χ2n) is 8.64. The molecule has 2 aliphatic rings. The van der Waals surface area contributed by atoms with Crippen molar-refractivity contribution in [2.24, 2.45) is 5.16 Å². The highest BCUT2D eigenvalue weighted by atomic mass is 32.2. The van der Waals surface area contributed by atoms with Crippen LogP contribution in [0, 0.1) is 0 Å². The van der Waals surface area contributed by atoms with Crippen molar-refractivity contribution in [1.82, 2.24) is 19.6 Å². The number of carboxylic acids is 1. The van der Waals surface area contributed by atoms with Crippen LogP contribution in [0.3, 0.4) is 0 Å². The Morgan fingerprint density at radius 1 is 1.42 bits per heavy atom. The van der Waals surface area contributed by atoms with E-state index in [1.165, 1.54) is 23.8 Å². The minimum absolute atomic E-state index is 0.0882. The number of aliphatic carboxylic acids is 1. The molecule has 38 heavy (non-hydrogen) atoms. The molecule has 2 aliphatic heterocycles. The molecule has 1 saturated heterocycles. The van der Waals surface area contributed by atoms with Crippen LogP contribution in [-0.4, -0.2) is 72.3 Å². The van der Waals surface area contributed by atoms with Gasteiger partial charge in [-0.3, -0.25) is 14.5 Å². The molecule has 0 aliphatic carbocycles. The first-order valence-electron chi connectivity index (χ1n) is 11.4. The van der Waals surface area contributed by atoms with Crippen LogP contribution in [0.25, 0.3) is 5.52 Å². The number of nitrogens with two attached hydrogens (primary N) is 1. The number of hydrogen-bond acceptors (Lipinski definition) is 10. The van der Waals surface area contributed by atoms with Gasteiger partial charge in [-0.05, 0) is 19.1 Å². The first kappa shape index (κ1) is 25.7. The predicted molar refractivity (Wildman–Crippen MR) is 138 cm³/mol. The smallest absolute Gasteiger partial charge is 0.352 e. The van der Waals surface area contributed by atoms with Gasteiger partial charge >= 0.3 is 5.97 Å².